The number of rotatable bonds is 4. The third-order valence-electron chi connectivity index (χ3n) is 3.64. The zero-order chi connectivity index (χ0) is 13.1. The Balaban J connectivity index is 1.94. The van der Waals surface area contributed by atoms with Crippen molar-refractivity contribution in [2.75, 3.05) is 20.1 Å². The summed E-state index contributed by atoms with van der Waals surface area (Å²) in [6, 6.07) is 8.78. The minimum absolute atomic E-state index is 0.971. The first-order chi connectivity index (χ1) is 9.38. The molecular formula is C16H20N2S. The second kappa shape index (κ2) is 5.87. The van der Waals surface area contributed by atoms with Gasteiger partial charge in [-0.1, -0.05) is 30.4 Å². The number of fused-ring (bicyclic) bond motifs is 1. The molecule has 1 aromatic heterocycles. The van der Waals surface area contributed by atoms with E-state index >= 15 is 0 Å². The van der Waals surface area contributed by atoms with Crippen LogP contribution in [0.25, 0.3) is 10.1 Å². The Labute approximate surface area is 118 Å². The average Bonchev–Trinajstić information content (AvgIpc) is 2.79. The molecule has 2 aromatic rings. The van der Waals surface area contributed by atoms with Gasteiger partial charge < -0.3 is 5.32 Å². The van der Waals surface area contributed by atoms with Gasteiger partial charge in [-0.25, -0.2) is 0 Å². The number of thiophene rings is 1. The Bertz CT molecular complexity index is 585. The van der Waals surface area contributed by atoms with Gasteiger partial charge in [0.2, 0.25) is 0 Å². The van der Waals surface area contributed by atoms with Crippen LogP contribution in [0.1, 0.15) is 16.9 Å². The molecule has 1 N–H and O–H groups in total. The molecule has 0 saturated heterocycles. The first kappa shape index (κ1) is 12.9. The van der Waals surface area contributed by atoms with Gasteiger partial charge in [0.25, 0.3) is 0 Å². The van der Waals surface area contributed by atoms with Crippen LogP contribution in [0.2, 0.25) is 0 Å². The molecule has 0 fully saturated rings. The van der Waals surface area contributed by atoms with E-state index in [0.29, 0.717) is 0 Å². The number of benzene rings is 1. The highest BCUT2D eigenvalue weighted by atomic mass is 32.1. The standard InChI is InChI=1S/C16H20N2S/c1-17-11-16-14(12-18-9-5-2-6-10-18)13-7-3-4-8-15(13)19-16/h2-5,7-8,17H,6,9-12H2,1H3. The number of hydrogen-bond acceptors (Lipinski definition) is 3. The van der Waals surface area contributed by atoms with Crippen LogP contribution < -0.4 is 5.32 Å². The molecule has 0 unspecified atom stereocenters. The molecule has 19 heavy (non-hydrogen) atoms. The van der Waals surface area contributed by atoms with Gasteiger partial charge in [-0.15, -0.1) is 11.3 Å². The molecule has 100 valence electrons. The Morgan fingerprint density at radius 2 is 2.16 bits per heavy atom. The van der Waals surface area contributed by atoms with Crippen molar-refractivity contribution in [2.45, 2.75) is 19.5 Å². The molecule has 0 saturated carbocycles. The van der Waals surface area contributed by atoms with Gasteiger partial charge in [0.05, 0.1) is 0 Å². The van der Waals surface area contributed by atoms with Crippen molar-refractivity contribution in [3.63, 3.8) is 0 Å². The fraction of sp³-hybridized carbons (Fsp3) is 0.375. The molecule has 3 rings (SSSR count). The fourth-order valence-electron chi connectivity index (χ4n) is 2.68. The second-order valence-corrected chi connectivity index (χ2v) is 6.16. The third-order valence-corrected chi connectivity index (χ3v) is 4.86. The van der Waals surface area contributed by atoms with Crippen LogP contribution in [0.15, 0.2) is 36.4 Å². The van der Waals surface area contributed by atoms with E-state index in [2.05, 4.69) is 46.6 Å². The SMILES string of the molecule is CNCc1sc2ccccc2c1CN1CC=CCC1. The van der Waals surface area contributed by atoms with E-state index in [9.17, 15) is 0 Å². The van der Waals surface area contributed by atoms with Gasteiger partial charge in [0, 0.05) is 35.8 Å². The van der Waals surface area contributed by atoms with Crippen molar-refractivity contribution < 1.29 is 0 Å². The Morgan fingerprint density at radius 3 is 2.95 bits per heavy atom. The molecular weight excluding hydrogens is 252 g/mol. The maximum absolute atomic E-state index is 3.30. The summed E-state index contributed by atoms with van der Waals surface area (Å²) in [6.45, 7) is 4.31. The van der Waals surface area contributed by atoms with E-state index in [1.54, 1.807) is 0 Å². The van der Waals surface area contributed by atoms with Crippen molar-refractivity contribution in [3.8, 4) is 0 Å². The molecule has 1 aliphatic heterocycles. The van der Waals surface area contributed by atoms with Gasteiger partial charge in [-0.2, -0.15) is 0 Å². The quantitative estimate of drug-likeness (QED) is 0.858. The molecule has 1 aliphatic rings. The van der Waals surface area contributed by atoms with Gasteiger partial charge in [-0.05, 0) is 30.5 Å². The van der Waals surface area contributed by atoms with Gasteiger partial charge >= 0.3 is 0 Å². The summed E-state index contributed by atoms with van der Waals surface area (Å²) in [5.41, 5.74) is 1.52. The number of hydrogen-bond donors (Lipinski definition) is 1. The Morgan fingerprint density at radius 1 is 1.26 bits per heavy atom. The summed E-state index contributed by atoms with van der Waals surface area (Å²) in [4.78, 5) is 4.02. The van der Waals surface area contributed by atoms with E-state index in [-0.39, 0.29) is 0 Å². The van der Waals surface area contributed by atoms with Crippen molar-refractivity contribution >= 4 is 21.4 Å². The van der Waals surface area contributed by atoms with Crippen molar-refractivity contribution in [3.05, 3.63) is 46.9 Å². The zero-order valence-corrected chi connectivity index (χ0v) is 12.2. The topological polar surface area (TPSA) is 15.3 Å². The summed E-state index contributed by atoms with van der Waals surface area (Å²) in [5, 5.41) is 4.74. The van der Waals surface area contributed by atoms with Crippen LogP contribution in [-0.4, -0.2) is 25.0 Å². The minimum atomic E-state index is 0.971. The Kier molecular flexibility index (Phi) is 3.97. The van der Waals surface area contributed by atoms with Crippen LogP contribution in [-0.2, 0) is 13.1 Å². The summed E-state index contributed by atoms with van der Waals surface area (Å²) < 4.78 is 1.41. The van der Waals surface area contributed by atoms with Crippen molar-refractivity contribution in [2.24, 2.45) is 0 Å². The normalized spacial score (nSPS) is 16.3. The van der Waals surface area contributed by atoms with Crippen LogP contribution in [0.3, 0.4) is 0 Å². The van der Waals surface area contributed by atoms with E-state index in [4.69, 9.17) is 0 Å². The highest BCUT2D eigenvalue weighted by molar-refractivity contribution is 7.19. The monoisotopic (exact) mass is 272 g/mol. The molecule has 0 amide bonds. The lowest BCUT2D eigenvalue weighted by atomic mass is 10.1. The molecule has 1 aromatic carbocycles. The zero-order valence-electron chi connectivity index (χ0n) is 11.4. The number of nitrogens with one attached hydrogen (secondary N) is 1. The summed E-state index contributed by atoms with van der Waals surface area (Å²) in [5.74, 6) is 0. The molecule has 3 heteroatoms. The lowest BCUT2D eigenvalue weighted by Gasteiger charge is -2.23. The lowest BCUT2D eigenvalue weighted by Crippen LogP contribution is -2.27. The van der Waals surface area contributed by atoms with Gasteiger partial charge in [-0.3, -0.25) is 4.90 Å². The van der Waals surface area contributed by atoms with Crippen molar-refractivity contribution in [1.82, 2.24) is 10.2 Å². The van der Waals surface area contributed by atoms with Gasteiger partial charge in [0.1, 0.15) is 0 Å². The summed E-state index contributed by atoms with van der Waals surface area (Å²) in [6.07, 6.45) is 5.76. The lowest BCUT2D eigenvalue weighted by molar-refractivity contribution is 0.291. The molecule has 0 aliphatic carbocycles. The molecule has 2 heterocycles. The predicted octanol–water partition coefficient (Wildman–Crippen LogP) is 3.38. The molecule has 2 nitrogen and oxygen atoms in total. The first-order valence-corrected chi connectivity index (χ1v) is 7.71. The highest BCUT2D eigenvalue weighted by Gasteiger charge is 2.15. The van der Waals surface area contributed by atoms with Crippen LogP contribution in [0.4, 0.5) is 0 Å². The second-order valence-electron chi connectivity index (χ2n) is 5.03. The minimum Gasteiger partial charge on any atom is -0.315 e. The third kappa shape index (κ3) is 2.73. The van der Waals surface area contributed by atoms with E-state index in [1.807, 2.05) is 18.4 Å². The predicted molar refractivity (Wildman–Crippen MR) is 83.6 cm³/mol. The van der Waals surface area contributed by atoms with Crippen LogP contribution in [0, 0.1) is 0 Å². The smallest absolute Gasteiger partial charge is 0.0349 e. The summed E-state index contributed by atoms with van der Waals surface area (Å²) in [7, 11) is 2.03. The van der Waals surface area contributed by atoms with Crippen LogP contribution >= 0.6 is 11.3 Å². The molecule has 0 radical (unpaired) electrons. The van der Waals surface area contributed by atoms with Crippen molar-refractivity contribution in [1.29, 1.82) is 0 Å². The largest absolute Gasteiger partial charge is 0.315 e. The van der Waals surface area contributed by atoms with E-state index in [0.717, 1.165) is 19.6 Å². The Hall–Kier alpha value is -1.16. The number of nitrogens with zero attached hydrogens (tertiary/aromatic N) is 1. The maximum Gasteiger partial charge on any atom is 0.0349 e. The maximum atomic E-state index is 3.30. The first-order valence-electron chi connectivity index (χ1n) is 6.89. The van der Waals surface area contributed by atoms with E-state index in [1.165, 1.54) is 33.5 Å². The average molecular weight is 272 g/mol. The van der Waals surface area contributed by atoms with E-state index < -0.39 is 0 Å². The van der Waals surface area contributed by atoms with Gasteiger partial charge in [0.15, 0.2) is 0 Å². The molecule has 0 atom stereocenters. The highest BCUT2D eigenvalue weighted by Crippen LogP contribution is 2.32. The summed E-state index contributed by atoms with van der Waals surface area (Å²) >= 11 is 1.93. The van der Waals surface area contributed by atoms with Crippen LogP contribution in [0.5, 0.6) is 0 Å². The molecule has 0 spiro atoms. The fourth-order valence-corrected chi connectivity index (χ4v) is 3.91. The molecule has 0 bridgehead atoms.